The average molecular weight is 455 g/mol. The van der Waals surface area contributed by atoms with Gasteiger partial charge in [-0.15, -0.1) is 0 Å². The van der Waals surface area contributed by atoms with Gasteiger partial charge in [-0.25, -0.2) is 4.98 Å². The van der Waals surface area contributed by atoms with Crippen LogP contribution in [0.2, 0.25) is 0 Å². The Bertz CT molecular complexity index is 1500. The van der Waals surface area contributed by atoms with Gasteiger partial charge in [-0.1, -0.05) is 121 Å². The minimum Gasteiger partial charge on any atom is -0.300 e. The van der Waals surface area contributed by atoms with Crippen molar-refractivity contribution >= 4 is 38.5 Å². The fraction of sp³-hybridized carbons (Fsp3) is 0. The predicted molar refractivity (Wildman–Crippen MR) is 145 cm³/mol. The van der Waals surface area contributed by atoms with E-state index in [0.717, 1.165) is 38.2 Å². The summed E-state index contributed by atoms with van der Waals surface area (Å²) in [5.74, 6) is 0. The second-order valence-corrected chi connectivity index (χ2v) is 9.05. The molecule has 0 saturated heterocycles. The summed E-state index contributed by atoms with van der Waals surface area (Å²) in [5.41, 5.74) is 5.48. The molecule has 0 saturated carbocycles. The molecule has 0 aliphatic carbocycles. The Labute approximate surface area is 203 Å². The van der Waals surface area contributed by atoms with Gasteiger partial charge in [0.25, 0.3) is 0 Å². The number of thiazole rings is 1. The number of rotatable bonds is 5. The quantitative estimate of drug-likeness (QED) is 0.258. The van der Waals surface area contributed by atoms with Gasteiger partial charge in [0.15, 0.2) is 0 Å². The zero-order valence-electron chi connectivity index (χ0n) is 18.5. The Kier molecular flexibility index (Phi) is 5.38. The molecule has 2 nitrogen and oxygen atoms in total. The highest BCUT2D eigenvalue weighted by molar-refractivity contribution is 7.19. The molecule has 162 valence electrons. The molecule has 0 amide bonds. The molecule has 0 radical (unpaired) electrons. The van der Waals surface area contributed by atoms with Crippen molar-refractivity contribution in [2.24, 2.45) is 0 Å². The van der Waals surface area contributed by atoms with E-state index < -0.39 is 0 Å². The molecular formula is C31H22N2S. The van der Waals surface area contributed by atoms with E-state index in [1.165, 1.54) is 10.8 Å². The Balaban J connectivity index is 1.62. The van der Waals surface area contributed by atoms with E-state index in [9.17, 15) is 0 Å². The normalized spacial score (nSPS) is 10.9. The highest BCUT2D eigenvalue weighted by Crippen LogP contribution is 2.47. The van der Waals surface area contributed by atoms with Crippen LogP contribution < -0.4 is 4.90 Å². The summed E-state index contributed by atoms with van der Waals surface area (Å²) < 4.78 is 0. The summed E-state index contributed by atoms with van der Waals surface area (Å²) in [5, 5.41) is 4.56. The van der Waals surface area contributed by atoms with Crippen LogP contribution in [-0.4, -0.2) is 4.98 Å². The number of fused-ring (bicyclic) bond motifs is 1. The molecule has 1 aromatic heterocycles. The Morgan fingerprint density at radius 3 is 1.76 bits per heavy atom. The maximum atomic E-state index is 5.25. The van der Waals surface area contributed by atoms with Crippen LogP contribution in [-0.2, 0) is 0 Å². The minimum absolute atomic E-state index is 0.987. The van der Waals surface area contributed by atoms with Crippen molar-refractivity contribution in [3.05, 3.63) is 133 Å². The lowest BCUT2D eigenvalue weighted by atomic mass is 10.1. The van der Waals surface area contributed by atoms with Crippen molar-refractivity contribution in [3.8, 4) is 21.8 Å². The van der Waals surface area contributed by atoms with Crippen molar-refractivity contribution in [2.75, 3.05) is 4.90 Å². The fourth-order valence-electron chi connectivity index (χ4n) is 4.31. The minimum atomic E-state index is 0.987. The van der Waals surface area contributed by atoms with E-state index in [-0.39, 0.29) is 0 Å². The third-order valence-corrected chi connectivity index (χ3v) is 6.98. The number of aromatic nitrogens is 1. The average Bonchev–Trinajstić information content (AvgIpc) is 3.35. The molecule has 0 fully saturated rings. The van der Waals surface area contributed by atoms with Crippen molar-refractivity contribution in [2.45, 2.75) is 0 Å². The van der Waals surface area contributed by atoms with Crippen LogP contribution in [0.4, 0.5) is 16.4 Å². The summed E-state index contributed by atoms with van der Waals surface area (Å²) in [6.07, 6.45) is 0. The van der Waals surface area contributed by atoms with Crippen molar-refractivity contribution < 1.29 is 0 Å². The van der Waals surface area contributed by atoms with Gasteiger partial charge >= 0.3 is 0 Å². The number of nitrogens with zero attached hydrogens (tertiary/aromatic N) is 2. The smallest absolute Gasteiger partial charge is 0.129 e. The maximum Gasteiger partial charge on any atom is 0.129 e. The van der Waals surface area contributed by atoms with Gasteiger partial charge in [0, 0.05) is 22.5 Å². The van der Waals surface area contributed by atoms with Crippen LogP contribution in [0, 0.1) is 0 Å². The fourth-order valence-corrected chi connectivity index (χ4v) is 5.48. The maximum absolute atomic E-state index is 5.25. The van der Waals surface area contributed by atoms with Gasteiger partial charge < -0.3 is 4.90 Å². The number of hydrogen-bond donors (Lipinski definition) is 0. The second kappa shape index (κ2) is 8.97. The third-order valence-electron chi connectivity index (χ3n) is 5.91. The van der Waals surface area contributed by atoms with Crippen LogP contribution in [0.15, 0.2) is 133 Å². The van der Waals surface area contributed by atoms with Gasteiger partial charge in [0.2, 0.25) is 0 Å². The monoisotopic (exact) mass is 454 g/mol. The first kappa shape index (κ1) is 20.4. The summed E-state index contributed by atoms with van der Waals surface area (Å²) in [4.78, 5) is 7.56. The van der Waals surface area contributed by atoms with Crippen LogP contribution in [0.5, 0.6) is 0 Å². The van der Waals surface area contributed by atoms with Gasteiger partial charge in [0.1, 0.15) is 15.7 Å². The van der Waals surface area contributed by atoms with E-state index in [4.69, 9.17) is 4.98 Å². The van der Waals surface area contributed by atoms with Crippen LogP contribution in [0.3, 0.4) is 0 Å². The molecule has 0 spiro atoms. The number of para-hydroxylation sites is 2. The molecule has 0 unspecified atom stereocenters. The lowest BCUT2D eigenvalue weighted by Gasteiger charge is -2.24. The molecule has 5 aromatic carbocycles. The number of hydrogen-bond acceptors (Lipinski definition) is 3. The first-order valence-electron chi connectivity index (χ1n) is 11.3. The Morgan fingerprint density at radius 2 is 1.09 bits per heavy atom. The van der Waals surface area contributed by atoms with Gasteiger partial charge in [-0.05, 0) is 35.0 Å². The lowest BCUT2D eigenvalue weighted by Crippen LogP contribution is -2.09. The molecule has 0 aliphatic rings. The predicted octanol–water partition coefficient (Wildman–Crippen LogP) is 9.10. The van der Waals surface area contributed by atoms with E-state index in [1.54, 1.807) is 11.3 Å². The molecule has 6 aromatic rings. The Morgan fingerprint density at radius 1 is 0.529 bits per heavy atom. The Hall–Kier alpha value is -4.21. The molecule has 0 bridgehead atoms. The van der Waals surface area contributed by atoms with E-state index in [0.29, 0.717) is 0 Å². The van der Waals surface area contributed by atoms with Gasteiger partial charge in [0.05, 0.1) is 0 Å². The molecule has 0 N–H and O–H groups in total. The highest BCUT2D eigenvalue weighted by Gasteiger charge is 2.23. The van der Waals surface area contributed by atoms with Crippen molar-refractivity contribution in [1.29, 1.82) is 0 Å². The molecule has 0 aliphatic heterocycles. The van der Waals surface area contributed by atoms with Crippen LogP contribution in [0.1, 0.15) is 0 Å². The molecule has 3 heteroatoms. The van der Waals surface area contributed by atoms with Gasteiger partial charge in [-0.2, -0.15) is 0 Å². The van der Waals surface area contributed by atoms with Crippen LogP contribution >= 0.6 is 11.3 Å². The highest BCUT2D eigenvalue weighted by atomic mass is 32.1. The van der Waals surface area contributed by atoms with E-state index >= 15 is 0 Å². The summed E-state index contributed by atoms with van der Waals surface area (Å²) >= 11 is 1.73. The lowest BCUT2D eigenvalue weighted by molar-refractivity contribution is 1.29. The number of anilines is 3. The van der Waals surface area contributed by atoms with Crippen LogP contribution in [0.25, 0.3) is 32.6 Å². The summed E-state index contributed by atoms with van der Waals surface area (Å²) in [7, 11) is 0. The first-order valence-corrected chi connectivity index (χ1v) is 12.1. The van der Waals surface area contributed by atoms with Crippen molar-refractivity contribution in [1.82, 2.24) is 4.98 Å². The molecule has 1 heterocycles. The second-order valence-electron chi connectivity index (χ2n) is 8.07. The molecular weight excluding hydrogens is 432 g/mol. The zero-order chi connectivity index (χ0) is 22.7. The molecule has 34 heavy (non-hydrogen) atoms. The molecule has 0 atom stereocenters. The largest absolute Gasteiger partial charge is 0.300 e. The standard InChI is InChI=1S/C31H22N2S/c1-4-14-24(15-5-1)29-31(33(25-17-6-2-7-18-25)26-19-8-3-9-20-26)34-30(32-29)28-22-12-16-23-13-10-11-21-27(23)28/h1-22H. The van der Waals surface area contributed by atoms with Gasteiger partial charge in [-0.3, -0.25) is 0 Å². The summed E-state index contributed by atoms with van der Waals surface area (Å²) in [6.45, 7) is 0. The first-order chi connectivity index (χ1) is 16.9. The van der Waals surface area contributed by atoms with Crippen molar-refractivity contribution in [3.63, 3.8) is 0 Å². The topological polar surface area (TPSA) is 16.1 Å². The third kappa shape index (κ3) is 3.76. The SMILES string of the molecule is c1ccc(-c2nc(-c3cccc4ccccc34)sc2N(c2ccccc2)c2ccccc2)cc1. The zero-order valence-corrected chi connectivity index (χ0v) is 19.3. The van der Waals surface area contributed by atoms with E-state index in [1.807, 2.05) is 6.07 Å². The van der Waals surface area contributed by atoms with E-state index in [2.05, 4.69) is 132 Å². The number of benzene rings is 5. The molecule has 6 rings (SSSR count). The summed E-state index contributed by atoms with van der Waals surface area (Å²) in [6, 6.07) is 46.5.